The van der Waals surface area contributed by atoms with E-state index in [1.807, 2.05) is 48.5 Å². The van der Waals surface area contributed by atoms with Crippen LogP contribution in [0, 0.1) is 11.2 Å². The zero-order chi connectivity index (χ0) is 24.9. The summed E-state index contributed by atoms with van der Waals surface area (Å²) < 4.78 is 13.8. The molecule has 0 bridgehead atoms. The van der Waals surface area contributed by atoms with Gasteiger partial charge in [-0.25, -0.2) is 4.39 Å². The second-order valence-corrected chi connectivity index (χ2v) is 8.07. The third-order valence-electron chi connectivity index (χ3n) is 5.55. The highest BCUT2D eigenvalue weighted by atomic mass is 19.1. The number of amides is 1. The number of carboxylic acid groups (broad SMARTS) is 1. The van der Waals surface area contributed by atoms with Crippen molar-refractivity contribution in [2.24, 2.45) is 5.73 Å². The zero-order valence-electron chi connectivity index (χ0n) is 18.7. The molecule has 0 atom stereocenters. The van der Waals surface area contributed by atoms with E-state index in [1.165, 1.54) is 12.1 Å². The van der Waals surface area contributed by atoms with Crippen molar-refractivity contribution < 1.29 is 19.1 Å². The van der Waals surface area contributed by atoms with E-state index in [0.29, 0.717) is 41.1 Å². The Balaban J connectivity index is 1.71. The summed E-state index contributed by atoms with van der Waals surface area (Å²) in [5.41, 5.74) is 10.4. The van der Waals surface area contributed by atoms with Gasteiger partial charge in [-0.3, -0.25) is 15.0 Å². The van der Waals surface area contributed by atoms with Crippen molar-refractivity contribution >= 4 is 40.5 Å². The lowest BCUT2D eigenvalue weighted by atomic mass is 9.98. The van der Waals surface area contributed by atoms with Gasteiger partial charge >= 0.3 is 5.97 Å². The molecule has 8 nitrogen and oxygen atoms in total. The summed E-state index contributed by atoms with van der Waals surface area (Å²) in [6.45, 7) is 0.405. The highest BCUT2D eigenvalue weighted by Crippen LogP contribution is 2.38. The Morgan fingerprint density at radius 3 is 2.37 bits per heavy atom. The van der Waals surface area contributed by atoms with E-state index in [4.69, 9.17) is 16.2 Å². The molecule has 3 aromatic rings. The Kier molecular flexibility index (Phi) is 6.77. The Morgan fingerprint density at radius 1 is 1.03 bits per heavy atom. The molecule has 1 aliphatic rings. The number of carboxylic acids is 1. The Hall–Kier alpha value is -4.66. The van der Waals surface area contributed by atoms with Crippen LogP contribution in [-0.4, -0.2) is 22.9 Å². The number of anilines is 2. The number of halogens is 1. The average Bonchev–Trinajstić information content (AvgIpc) is 3.15. The van der Waals surface area contributed by atoms with Gasteiger partial charge in [0.15, 0.2) is 5.96 Å². The lowest BCUT2D eigenvalue weighted by molar-refractivity contribution is -0.137. The Morgan fingerprint density at radius 2 is 1.71 bits per heavy atom. The third-order valence-corrected chi connectivity index (χ3v) is 5.55. The lowest BCUT2D eigenvalue weighted by Gasteiger charge is -2.16. The van der Waals surface area contributed by atoms with Crippen molar-refractivity contribution in [2.45, 2.75) is 19.4 Å². The fourth-order valence-corrected chi connectivity index (χ4v) is 3.81. The van der Waals surface area contributed by atoms with E-state index < -0.39 is 11.8 Å². The molecule has 0 saturated heterocycles. The van der Waals surface area contributed by atoms with Crippen LogP contribution >= 0.6 is 0 Å². The van der Waals surface area contributed by atoms with E-state index >= 15 is 0 Å². The molecule has 1 heterocycles. The largest absolute Gasteiger partial charge is 0.481 e. The Labute approximate surface area is 201 Å². The van der Waals surface area contributed by atoms with Crippen LogP contribution in [0.3, 0.4) is 0 Å². The molecule has 35 heavy (non-hydrogen) atoms. The van der Waals surface area contributed by atoms with Gasteiger partial charge in [-0.05, 0) is 53.4 Å². The fraction of sp³-hybridized carbons (Fsp3) is 0.115. The minimum absolute atomic E-state index is 0.0255. The summed E-state index contributed by atoms with van der Waals surface area (Å²) in [6.07, 6.45) is 0.422. The van der Waals surface area contributed by atoms with Gasteiger partial charge < -0.3 is 26.8 Å². The predicted octanol–water partition coefficient (Wildman–Crippen LogP) is 3.76. The van der Waals surface area contributed by atoms with Gasteiger partial charge in [0, 0.05) is 24.2 Å². The van der Waals surface area contributed by atoms with Gasteiger partial charge in [-0.15, -0.1) is 0 Å². The summed E-state index contributed by atoms with van der Waals surface area (Å²) in [6, 6.07) is 18.9. The first-order valence-electron chi connectivity index (χ1n) is 10.9. The first kappa shape index (κ1) is 23.5. The van der Waals surface area contributed by atoms with E-state index in [0.717, 1.165) is 16.8 Å². The van der Waals surface area contributed by atoms with Crippen molar-refractivity contribution in [1.29, 1.82) is 5.41 Å². The second-order valence-electron chi connectivity index (χ2n) is 8.07. The minimum Gasteiger partial charge on any atom is -0.481 e. The van der Waals surface area contributed by atoms with Crippen LogP contribution < -0.4 is 21.7 Å². The third kappa shape index (κ3) is 5.64. The number of hydrogen-bond donors (Lipinski definition) is 6. The maximum Gasteiger partial charge on any atom is 0.303 e. The quantitative estimate of drug-likeness (QED) is 0.167. The summed E-state index contributed by atoms with van der Waals surface area (Å²) >= 11 is 0. The van der Waals surface area contributed by atoms with Crippen molar-refractivity contribution in [3.8, 4) is 0 Å². The smallest absolute Gasteiger partial charge is 0.303 e. The fourth-order valence-electron chi connectivity index (χ4n) is 3.81. The van der Waals surface area contributed by atoms with Crippen molar-refractivity contribution in [3.05, 3.63) is 94.8 Å². The van der Waals surface area contributed by atoms with Gasteiger partial charge in [0.25, 0.3) is 5.91 Å². The molecular formula is C26H24FN5O3. The number of fused-ring (bicyclic) bond motifs is 1. The molecule has 178 valence electrons. The topological polar surface area (TPSA) is 140 Å². The number of carbonyl (C=O) groups is 2. The maximum atomic E-state index is 13.8. The summed E-state index contributed by atoms with van der Waals surface area (Å²) in [7, 11) is 0. The zero-order valence-corrected chi connectivity index (χ0v) is 18.7. The Bertz CT molecular complexity index is 1320. The number of rotatable bonds is 8. The number of aryl methyl sites for hydroxylation is 1. The van der Waals surface area contributed by atoms with Crippen LogP contribution in [0.2, 0.25) is 0 Å². The van der Waals surface area contributed by atoms with E-state index in [-0.39, 0.29) is 18.3 Å². The molecule has 7 N–H and O–H groups in total. The van der Waals surface area contributed by atoms with Crippen LogP contribution in [0.4, 0.5) is 15.8 Å². The van der Waals surface area contributed by atoms with Crippen LogP contribution in [-0.2, 0) is 22.6 Å². The van der Waals surface area contributed by atoms with Crippen molar-refractivity contribution in [2.75, 3.05) is 10.6 Å². The number of nitrogens with one attached hydrogen (secondary N) is 4. The molecule has 4 rings (SSSR count). The van der Waals surface area contributed by atoms with Gasteiger partial charge in [0.05, 0.1) is 17.0 Å². The molecule has 0 unspecified atom stereocenters. The van der Waals surface area contributed by atoms with E-state index in [1.54, 1.807) is 6.07 Å². The van der Waals surface area contributed by atoms with Crippen LogP contribution in [0.1, 0.15) is 28.7 Å². The lowest BCUT2D eigenvalue weighted by Crippen LogP contribution is -2.29. The molecule has 1 amide bonds. The average molecular weight is 474 g/mol. The van der Waals surface area contributed by atoms with E-state index in [2.05, 4.69) is 16.0 Å². The van der Waals surface area contributed by atoms with Crippen molar-refractivity contribution in [1.82, 2.24) is 5.32 Å². The number of aliphatic carboxylic acids is 1. The highest BCUT2D eigenvalue weighted by molar-refractivity contribution is 6.37. The molecule has 0 aliphatic carbocycles. The first-order valence-corrected chi connectivity index (χ1v) is 10.9. The maximum absolute atomic E-state index is 13.8. The first-order chi connectivity index (χ1) is 16.8. The van der Waals surface area contributed by atoms with Gasteiger partial charge in [-0.2, -0.15) is 0 Å². The molecule has 9 heteroatoms. The molecular weight excluding hydrogens is 449 g/mol. The normalized spacial score (nSPS) is 13.6. The standard InChI is InChI=1S/C26H24FN5O3/c27-18-8-11-20-21(13-18)32-25(35)23(20)24(17-6-1-15(2-7-17)5-12-22(33)34)31-19-9-3-16(4-10-19)14-30-26(28)29/h1-4,6-11,13,31H,5,12,14H2,(H,32,35)(H,33,34)(H4,28,29,30)/b24-23-. The number of guanidine groups is 1. The molecule has 0 saturated carbocycles. The summed E-state index contributed by atoms with van der Waals surface area (Å²) in [4.78, 5) is 23.8. The second kappa shape index (κ2) is 10.1. The van der Waals surface area contributed by atoms with Gasteiger partial charge in [-0.1, -0.05) is 36.4 Å². The summed E-state index contributed by atoms with van der Waals surface area (Å²) in [5.74, 6) is -1.79. The number of nitrogens with two attached hydrogens (primary N) is 1. The predicted molar refractivity (Wildman–Crippen MR) is 133 cm³/mol. The molecule has 0 aromatic heterocycles. The van der Waals surface area contributed by atoms with Crippen LogP contribution in [0.5, 0.6) is 0 Å². The van der Waals surface area contributed by atoms with Crippen LogP contribution in [0.15, 0.2) is 66.7 Å². The van der Waals surface area contributed by atoms with E-state index in [9.17, 15) is 14.0 Å². The molecule has 0 radical (unpaired) electrons. The molecule has 0 spiro atoms. The molecule has 1 aliphatic heterocycles. The van der Waals surface area contributed by atoms with Gasteiger partial charge in [0.1, 0.15) is 5.82 Å². The number of benzene rings is 3. The SMILES string of the molecule is N=C(N)NCc1ccc(N/C(=C2\C(=O)Nc3cc(F)ccc32)c2ccc(CCC(=O)O)cc2)cc1. The van der Waals surface area contributed by atoms with Crippen molar-refractivity contribution in [3.63, 3.8) is 0 Å². The minimum atomic E-state index is -0.869. The number of hydrogen-bond acceptors (Lipinski definition) is 4. The summed E-state index contributed by atoms with van der Waals surface area (Å²) in [5, 5.41) is 25.0. The van der Waals surface area contributed by atoms with Crippen LogP contribution in [0.25, 0.3) is 11.3 Å². The number of carbonyl (C=O) groups excluding carboxylic acids is 1. The molecule has 3 aromatic carbocycles. The highest BCUT2D eigenvalue weighted by Gasteiger charge is 2.28. The van der Waals surface area contributed by atoms with Gasteiger partial charge in [0.2, 0.25) is 0 Å². The monoisotopic (exact) mass is 473 g/mol. The molecule has 0 fully saturated rings.